The summed E-state index contributed by atoms with van der Waals surface area (Å²) in [5.74, 6) is 1.41. The number of amides is 1. The highest BCUT2D eigenvalue weighted by molar-refractivity contribution is 6.33. The van der Waals surface area contributed by atoms with E-state index in [4.69, 9.17) is 11.6 Å². The van der Waals surface area contributed by atoms with Crippen molar-refractivity contribution in [1.29, 1.82) is 0 Å². The average molecular weight is 310 g/mol. The summed E-state index contributed by atoms with van der Waals surface area (Å²) in [5.41, 5.74) is 0.500. The molecule has 4 nitrogen and oxygen atoms in total. The summed E-state index contributed by atoms with van der Waals surface area (Å²) >= 11 is 6.10. The molecule has 1 amide bonds. The lowest BCUT2D eigenvalue weighted by Gasteiger charge is -2.28. The molecule has 1 aromatic rings. The molecule has 1 aliphatic carbocycles. The zero-order valence-corrected chi connectivity index (χ0v) is 13.5. The number of hydrogen-bond donors (Lipinski definition) is 2. The number of halogens is 1. The van der Waals surface area contributed by atoms with Crippen LogP contribution in [0.3, 0.4) is 0 Å². The minimum absolute atomic E-state index is 0.0958. The fraction of sp³-hybridized carbons (Fsp3) is 0.625. The first kappa shape index (κ1) is 16.1. The molecule has 0 aliphatic heterocycles. The summed E-state index contributed by atoms with van der Waals surface area (Å²) in [7, 11) is 0. The van der Waals surface area contributed by atoms with Gasteiger partial charge in [0.15, 0.2) is 0 Å². The van der Waals surface area contributed by atoms with Crippen LogP contribution >= 0.6 is 11.6 Å². The van der Waals surface area contributed by atoms with Gasteiger partial charge in [0.05, 0.1) is 10.6 Å². The molecular weight excluding hydrogens is 286 g/mol. The van der Waals surface area contributed by atoms with E-state index < -0.39 is 0 Å². The third-order valence-corrected chi connectivity index (χ3v) is 4.52. The zero-order chi connectivity index (χ0) is 15.2. The van der Waals surface area contributed by atoms with Crippen molar-refractivity contribution < 1.29 is 4.79 Å². The van der Waals surface area contributed by atoms with Gasteiger partial charge in [0.2, 0.25) is 0 Å². The lowest BCUT2D eigenvalue weighted by atomic mass is 9.84. The van der Waals surface area contributed by atoms with Crippen LogP contribution in [0.5, 0.6) is 0 Å². The van der Waals surface area contributed by atoms with Crippen LogP contribution in [0.2, 0.25) is 5.02 Å². The van der Waals surface area contributed by atoms with Crippen molar-refractivity contribution in [3.05, 3.63) is 22.8 Å². The van der Waals surface area contributed by atoms with Crippen molar-refractivity contribution in [3.63, 3.8) is 0 Å². The minimum Gasteiger partial charge on any atom is -0.370 e. The third kappa shape index (κ3) is 4.34. The van der Waals surface area contributed by atoms with E-state index in [1.165, 1.54) is 25.5 Å². The number of aromatic nitrogens is 1. The normalized spacial score (nSPS) is 21.9. The Labute approximate surface area is 131 Å². The second-order valence-electron chi connectivity index (χ2n) is 5.68. The topological polar surface area (TPSA) is 54.0 Å². The molecule has 0 spiro atoms. The Morgan fingerprint density at radius 3 is 2.67 bits per heavy atom. The maximum atomic E-state index is 12.4. The number of carbonyl (C=O) groups excluding carboxylic acids is 1. The van der Waals surface area contributed by atoms with E-state index in [1.54, 1.807) is 6.07 Å². The molecule has 1 aromatic heterocycles. The maximum absolute atomic E-state index is 12.4. The Morgan fingerprint density at radius 1 is 1.33 bits per heavy atom. The lowest BCUT2D eigenvalue weighted by Crippen LogP contribution is -2.37. The van der Waals surface area contributed by atoms with Crippen molar-refractivity contribution in [3.8, 4) is 0 Å². The van der Waals surface area contributed by atoms with Crippen molar-refractivity contribution in [2.45, 2.75) is 52.0 Å². The van der Waals surface area contributed by atoms with Gasteiger partial charge in [-0.1, -0.05) is 24.9 Å². The van der Waals surface area contributed by atoms with Crippen LogP contribution in [0.1, 0.15) is 56.3 Å². The van der Waals surface area contributed by atoms with E-state index in [2.05, 4.69) is 22.5 Å². The molecule has 0 aromatic carbocycles. The second kappa shape index (κ2) is 7.64. The summed E-state index contributed by atoms with van der Waals surface area (Å²) in [4.78, 5) is 16.5. The number of nitrogens with one attached hydrogen (secondary N) is 2. The van der Waals surface area contributed by atoms with Gasteiger partial charge in [-0.2, -0.15) is 0 Å². The molecule has 0 bridgehead atoms. The molecule has 116 valence electrons. The Balaban J connectivity index is 1.98. The summed E-state index contributed by atoms with van der Waals surface area (Å²) in [6.45, 7) is 4.99. The van der Waals surface area contributed by atoms with Crippen LogP contribution in [-0.4, -0.2) is 23.5 Å². The van der Waals surface area contributed by atoms with Gasteiger partial charge in [-0.05, 0) is 44.6 Å². The van der Waals surface area contributed by atoms with E-state index in [-0.39, 0.29) is 11.9 Å². The molecule has 2 rings (SSSR count). The zero-order valence-electron chi connectivity index (χ0n) is 12.8. The van der Waals surface area contributed by atoms with Crippen LogP contribution < -0.4 is 10.6 Å². The van der Waals surface area contributed by atoms with Crippen molar-refractivity contribution >= 4 is 23.3 Å². The molecular formula is C16H24ClN3O. The maximum Gasteiger partial charge on any atom is 0.253 e. The quantitative estimate of drug-likeness (QED) is 0.868. The van der Waals surface area contributed by atoms with Gasteiger partial charge in [-0.25, -0.2) is 4.98 Å². The van der Waals surface area contributed by atoms with E-state index >= 15 is 0 Å². The molecule has 1 heterocycles. The van der Waals surface area contributed by atoms with E-state index in [9.17, 15) is 4.79 Å². The largest absolute Gasteiger partial charge is 0.370 e. The van der Waals surface area contributed by atoms with Crippen LogP contribution in [-0.2, 0) is 0 Å². The molecule has 0 atom stereocenters. The fourth-order valence-electron chi connectivity index (χ4n) is 2.87. The van der Waals surface area contributed by atoms with Gasteiger partial charge >= 0.3 is 0 Å². The van der Waals surface area contributed by atoms with Gasteiger partial charge in [0.25, 0.3) is 5.91 Å². The molecule has 5 heteroatoms. The predicted octanol–water partition coefficient (Wildman–Crippen LogP) is 3.87. The van der Waals surface area contributed by atoms with Crippen molar-refractivity contribution in [2.24, 2.45) is 5.92 Å². The van der Waals surface area contributed by atoms with Crippen LogP contribution in [0.4, 0.5) is 5.82 Å². The number of nitrogens with zero attached hydrogens (tertiary/aromatic N) is 1. The first-order valence-corrected chi connectivity index (χ1v) is 8.22. The molecule has 21 heavy (non-hydrogen) atoms. The first-order valence-electron chi connectivity index (χ1n) is 7.84. The number of pyridine rings is 1. The molecule has 1 aliphatic rings. The Morgan fingerprint density at radius 2 is 2.05 bits per heavy atom. The average Bonchev–Trinajstić information content (AvgIpc) is 2.50. The second-order valence-corrected chi connectivity index (χ2v) is 6.09. The van der Waals surface area contributed by atoms with Crippen LogP contribution in [0.15, 0.2) is 12.3 Å². The first-order chi connectivity index (χ1) is 10.1. The molecule has 0 radical (unpaired) electrons. The third-order valence-electron chi connectivity index (χ3n) is 4.22. The van der Waals surface area contributed by atoms with Gasteiger partial charge < -0.3 is 10.6 Å². The van der Waals surface area contributed by atoms with Gasteiger partial charge in [-0.15, -0.1) is 0 Å². The van der Waals surface area contributed by atoms with Crippen molar-refractivity contribution in [1.82, 2.24) is 10.3 Å². The molecule has 0 unspecified atom stereocenters. The molecule has 0 saturated heterocycles. The van der Waals surface area contributed by atoms with Gasteiger partial charge in [0.1, 0.15) is 5.82 Å². The highest BCUT2D eigenvalue weighted by atomic mass is 35.5. The SMILES string of the molecule is CCNc1cc(C(=O)NC2CCC(CC)CC2)c(Cl)cn1. The summed E-state index contributed by atoms with van der Waals surface area (Å²) in [6, 6.07) is 1.99. The minimum atomic E-state index is -0.0958. The van der Waals surface area contributed by atoms with Gasteiger partial charge in [-0.3, -0.25) is 4.79 Å². The summed E-state index contributed by atoms with van der Waals surface area (Å²) < 4.78 is 0. The number of carbonyl (C=O) groups is 1. The Hall–Kier alpha value is -1.29. The fourth-order valence-corrected chi connectivity index (χ4v) is 3.06. The highest BCUT2D eigenvalue weighted by Crippen LogP contribution is 2.27. The number of hydrogen-bond acceptors (Lipinski definition) is 3. The molecule has 1 saturated carbocycles. The van der Waals surface area contributed by atoms with Crippen molar-refractivity contribution in [2.75, 3.05) is 11.9 Å². The Kier molecular flexibility index (Phi) is 5.85. The number of rotatable bonds is 5. The monoisotopic (exact) mass is 309 g/mol. The standard InChI is InChI=1S/C16H24ClN3O/c1-3-11-5-7-12(8-6-11)20-16(21)13-9-15(18-4-2)19-10-14(13)17/h9-12H,3-8H2,1-2H3,(H,18,19)(H,20,21). The summed E-state index contributed by atoms with van der Waals surface area (Å²) in [5, 5.41) is 6.61. The van der Waals surface area contributed by atoms with E-state index in [0.29, 0.717) is 16.4 Å². The lowest BCUT2D eigenvalue weighted by molar-refractivity contribution is 0.0921. The van der Waals surface area contributed by atoms with Crippen LogP contribution in [0.25, 0.3) is 0 Å². The van der Waals surface area contributed by atoms with Gasteiger partial charge in [0, 0.05) is 18.8 Å². The van der Waals surface area contributed by atoms with E-state index in [1.807, 2.05) is 6.92 Å². The molecule has 2 N–H and O–H groups in total. The number of anilines is 1. The highest BCUT2D eigenvalue weighted by Gasteiger charge is 2.22. The molecule has 1 fully saturated rings. The summed E-state index contributed by atoms with van der Waals surface area (Å²) in [6.07, 6.45) is 7.30. The van der Waals surface area contributed by atoms with E-state index in [0.717, 1.165) is 25.3 Å². The smallest absolute Gasteiger partial charge is 0.253 e. The predicted molar refractivity (Wildman–Crippen MR) is 86.9 cm³/mol. The van der Waals surface area contributed by atoms with Crippen LogP contribution in [0, 0.1) is 5.92 Å². The Bertz CT molecular complexity index is 484.